The molecule has 2 nitrogen and oxygen atoms in total. The Morgan fingerprint density at radius 3 is 2.86 bits per heavy atom. The van der Waals surface area contributed by atoms with Crippen molar-refractivity contribution in [2.24, 2.45) is 0 Å². The van der Waals surface area contributed by atoms with Crippen molar-refractivity contribution in [2.75, 3.05) is 5.32 Å². The van der Waals surface area contributed by atoms with Crippen molar-refractivity contribution >= 4 is 29.4 Å². The van der Waals surface area contributed by atoms with Crippen molar-refractivity contribution in [3.63, 3.8) is 0 Å². The minimum atomic E-state index is -0.369. The van der Waals surface area contributed by atoms with Crippen LogP contribution < -0.4 is 5.32 Å². The lowest BCUT2D eigenvalue weighted by Gasteiger charge is -2.29. The average Bonchev–Trinajstić information content (AvgIpc) is 2.48. The first-order valence-electron chi connectivity index (χ1n) is 7.24. The maximum absolute atomic E-state index is 13.7. The van der Waals surface area contributed by atoms with Crippen molar-refractivity contribution in [1.82, 2.24) is 0 Å². The van der Waals surface area contributed by atoms with Gasteiger partial charge in [0.2, 0.25) is 0 Å². The topological polar surface area (TPSA) is 32.3 Å². The SMILES string of the molecule is C[C@H]1Nc2cc(C=Cc3c(F)cccc3Cl)ccc2C[C@H]1O. The van der Waals surface area contributed by atoms with Gasteiger partial charge in [0.25, 0.3) is 0 Å². The monoisotopic (exact) mass is 317 g/mol. The highest BCUT2D eigenvalue weighted by molar-refractivity contribution is 6.32. The van der Waals surface area contributed by atoms with Crippen molar-refractivity contribution in [3.8, 4) is 0 Å². The van der Waals surface area contributed by atoms with E-state index in [1.165, 1.54) is 6.07 Å². The van der Waals surface area contributed by atoms with Gasteiger partial charge in [0, 0.05) is 23.7 Å². The third kappa shape index (κ3) is 3.01. The molecule has 0 spiro atoms. The van der Waals surface area contributed by atoms with E-state index in [4.69, 9.17) is 11.6 Å². The lowest BCUT2D eigenvalue weighted by molar-refractivity contribution is 0.154. The molecule has 2 aromatic carbocycles. The molecule has 2 aromatic rings. The summed E-state index contributed by atoms with van der Waals surface area (Å²) in [5, 5.41) is 13.6. The molecule has 0 radical (unpaired) electrons. The highest BCUT2D eigenvalue weighted by Gasteiger charge is 2.22. The van der Waals surface area contributed by atoms with Crippen LogP contribution in [0.3, 0.4) is 0 Å². The molecule has 0 aromatic heterocycles. The van der Waals surface area contributed by atoms with E-state index in [1.807, 2.05) is 31.2 Å². The number of anilines is 1. The minimum absolute atomic E-state index is 0.0211. The predicted octanol–water partition coefficient (Wildman–Crippen LogP) is 4.37. The first-order chi connectivity index (χ1) is 10.5. The summed E-state index contributed by atoms with van der Waals surface area (Å²) in [6.07, 6.45) is 3.79. The first-order valence-corrected chi connectivity index (χ1v) is 7.62. The van der Waals surface area contributed by atoms with E-state index < -0.39 is 0 Å². The van der Waals surface area contributed by atoms with Gasteiger partial charge in [-0.2, -0.15) is 0 Å². The number of hydrogen-bond acceptors (Lipinski definition) is 2. The second-order valence-corrected chi connectivity index (χ2v) is 6.00. The molecule has 2 atom stereocenters. The van der Waals surface area contributed by atoms with Crippen LogP contribution in [0.4, 0.5) is 10.1 Å². The van der Waals surface area contributed by atoms with Gasteiger partial charge in [-0.15, -0.1) is 0 Å². The Balaban J connectivity index is 1.88. The van der Waals surface area contributed by atoms with Gasteiger partial charge < -0.3 is 10.4 Å². The van der Waals surface area contributed by atoms with Crippen LogP contribution in [-0.2, 0) is 6.42 Å². The zero-order valence-corrected chi connectivity index (χ0v) is 12.9. The fourth-order valence-electron chi connectivity index (χ4n) is 2.60. The quantitative estimate of drug-likeness (QED) is 0.806. The van der Waals surface area contributed by atoms with Crippen LogP contribution in [0.1, 0.15) is 23.6 Å². The van der Waals surface area contributed by atoms with Crippen LogP contribution in [0.25, 0.3) is 12.2 Å². The fourth-order valence-corrected chi connectivity index (χ4v) is 2.83. The predicted molar refractivity (Wildman–Crippen MR) is 89.6 cm³/mol. The molecule has 114 valence electrons. The largest absolute Gasteiger partial charge is 0.391 e. The zero-order valence-electron chi connectivity index (χ0n) is 12.2. The number of fused-ring (bicyclic) bond motifs is 1. The maximum Gasteiger partial charge on any atom is 0.131 e. The highest BCUT2D eigenvalue weighted by atomic mass is 35.5. The van der Waals surface area contributed by atoms with E-state index in [0.29, 0.717) is 17.0 Å². The van der Waals surface area contributed by atoms with Crippen molar-refractivity contribution in [3.05, 3.63) is 63.9 Å². The van der Waals surface area contributed by atoms with Gasteiger partial charge in [-0.05, 0) is 42.3 Å². The average molecular weight is 318 g/mol. The number of halogens is 2. The third-order valence-electron chi connectivity index (χ3n) is 3.97. The fraction of sp³-hybridized carbons (Fsp3) is 0.222. The van der Waals surface area contributed by atoms with Crippen LogP contribution in [0.2, 0.25) is 5.02 Å². The Morgan fingerprint density at radius 2 is 2.09 bits per heavy atom. The number of aliphatic hydroxyl groups is 1. The first kappa shape index (κ1) is 15.1. The molecule has 0 unspecified atom stereocenters. The lowest BCUT2D eigenvalue weighted by Crippen LogP contribution is -2.36. The summed E-state index contributed by atoms with van der Waals surface area (Å²) in [6, 6.07) is 10.6. The van der Waals surface area contributed by atoms with Crippen LogP contribution in [-0.4, -0.2) is 17.3 Å². The molecule has 4 heteroatoms. The molecule has 0 saturated heterocycles. The second-order valence-electron chi connectivity index (χ2n) is 5.59. The second kappa shape index (κ2) is 6.11. The van der Waals surface area contributed by atoms with Crippen LogP contribution >= 0.6 is 11.6 Å². The highest BCUT2D eigenvalue weighted by Crippen LogP contribution is 2.27. The number of rotatable bonds is 2. The molecule has 22 heavy (non-hydrogen) atoms. The summed E-state index contributed by atoms with van der Waals surface area (Å²) in [7, 11) is 0. The number of benzene rings is 2. The van der Waals surface area contributed by atoms with E-state index >= 15 is 0 Å². The van der Waals surface area contributed by atoms with E-state index in [1.54, 1.807) is 18.2 Å². The van der Waals surface area contributed by atoms with E-state index in [0.717, 1.165) is 16.8 Å². The van der Waals surface area contributed by atoms with Crippen LogP contribution in [0, 0.1) is 5.82 Å². The third-order valence-corrected chi connectivity index (χ3v) is 4.30. The molecule has 2 N–H and O–H groups in total. The summed E-state index contributed by atoms with van der Waals surface area (Å²) in [5.74, 6) is -0.337. The van der Waals surface area contributed by atoms with Gasteiger partial charge in [0.05, 0.1) is 11.1 Å². The van der Waals surface area contributed by atoms with E-state index in [-0.39, 0.29) is 18.0 Å². The van der Waals surface area contributed by atoms with Crippen LogP contribution in [0.15, 0.2) is 36.4 Å². The summed E-state index contributed by atoms with van der Waals surface area (Å²) < 4.78 is 13.7. The minimum Gasteiger partial charge on any atom is -0.391 e. The number of hydrogen-bond donors (Lipinski definition) is 2. The maximum atomic E-state index is 13.7. The van der Waals surface area contributed by atoms with Crippen LogP contribution in [0.5, 0.6) is 0 Å². The smallest absolute Gasteiger partial charge is 0.131 e. The van der Waals surface area contributed by atoms with Gasteiger partial charge in [-0.1, -0.05) is 35.9 Å². The lowest BCUT2D eigenvalue weighted by atomic mass is 9.95. The molecular weight excluding hydrogens is 301 g/mol. The molecule has 0 fully saturated rings. The Kier molecular flexibility index (Phi) is 4.19. The molecular formula is C18H17ClFNO. The Labute approximate surface area is 134 Å². The molecule has 0 bridgehead atoms. The zero-order chi connectivity index (χ0) is 15.7. The van der Waals surface area contributed by atoms with Gasteiger partial charge in [0.1, 0.15) is 5.82 Å². The summed E-state index contributed by atoms with van der Waals surface area (Å²) in [5.41, 5.74) is 3.44. The van der Waals surface area contributed by atoms with Gasteiger partial charge >= 0.3 is 0 Å². The van der Waals surface area contributed by atoms with Crippen molar-refractivity contribution in [2.45, 2.75) is 25.5 Å². The van der Waals surface area contributed by atoms with Gasteiger partial charge in [-0.25, -0.2) is 4.39 Å². The molecule has 3 rings (SSSR count). The van der Waals surface area contributed by atoms with Crippen molar-refractivity contribution in [1.29, 1.82) is 0 Å². The molecule has 0 aliphatic carbocycles. The summed E-state index contributed by atoms with van der Waals surface area (Å²) >= 11 is 6.01. The Bertz CT molecular complexity index is 709. The normalized spacial score (nSPS) is 20.7. The number of nitrogens with one attached hydrogen (secondary N) is 1. The molecule has 1 heterocycles. The molecule has 1 aliphatic rings. The van der Waals surface area contributed by atoms with E-state index in [2.05, 4.69) is 5.32 Å². The summed E-state index contributed by atoms with van der Waals surface area (Å²) in [4.78, 5) is 0. The Hall–Kier alpha value is -1.84. The van der Waals surface area contributed by atoms with Crippen molar-refractivity contribution < 1.29 is 9.50 Å². The molecule has 0 amide bonds. The molecule has 0 saturated carbocycles. The summed E-state index contributed by atoms with van der Waals surface area (Å²) in [6.45, 7) is 1.95. The van der Waals surface area contributed by atoms with Gasteiger partial charge in [-0.3, -0.25) is 0 Å². The van der Waals surface area contributed by atoms with E-state index in [9.17, 15) is 9.50 Å². The molecule has 1 aliphatic heterocycles. The Morgan fingerprint density at radius 1 is 1.27 bits per heavy atom. The number of aliphatic hydroxyl groups excluding tert-OH is 1. The standard InChI is InChI=1S/C18H17ClFNO/c1-11-18(22)10-13-7-5-12(9-17(13)21-11)6-8-14-15(19)3-2-4-16(14)20/h2-9,11,18,21-22H,10H2,1H3/t11-,18-/m1/s1. The van der Waals surface area contributed by atoms with Gasteiger partial charge in [0.15, 0.2) is 0 Å².